The van der Waals surface area contributed by atoms with Crippen molar-refractivity contribution in [2.75, 3.05) is 16.3 Å². The fraction of sp³-hybridized carbons (Fsp3) is 0.250. The maximum atomic E-state index is 14.3. The van der Waals surface area contributed by atoms with Gasteiger partial charge in [-0.1, -0.05) is 18.2 Å². The molecule has 0 unspecified atom stereocenters. The lowest BCUT2D eigenvalue weighted by molar-refractivity contribution is -0.116. The lowest BCUT2D eigenvalue weighted by atomic mass is 10.0. The number of rotatable bonds is 7. The number of nitrogens with zero attached hydrogens (tertiary/aromatic N) is 4. The number of aryl methyl sites for hydroxylation is 2. The highest BCUT2D eigenvalue weighted by atomic mass is 32.1. The largest absolute Gasteiger partial charge is 0.281 e. The Labute approximate surface area is 199 Å². The minimum atomic E-state index is -0.513. The highest BCUT2D eigenvalue weighted by molar-refractivity contribution is 7.16. The minimum absolute atomic E-state index is 0.135. The molecule has 3 aromatic rings. The number of thiazole rings is 2. The molecule has 9 heteroatoms. The highest BCUT2D eigenvalue weighted by Crippen LogP contribution is 2.33. The number of aromatic nitrogens is 2. The van der Waals surface area contributed by atoms with Crippen LogP contribution in [-0.4, -0.2) is 28.3 Å². The van der Waals surface area contributed by atoms with Crippen molar-refractivity contribution in [3.8, 4) is 0 Å². The van der Waals surface area contributed by atoms with E-state index in [1.807, 2.05) is 0 Å². The van der Waals surface area contributed by atoms with Crippen molar-refractivity contribution < 1.29 is 14.0 Å². The Morgan fingerprint density at radius 3 is 2.70 bits per heavy atom. The molecule has 0 bridgehead atoms. The molecule has 2 heterocycles. The van der Waals surface area contributed by atoms with Gasteiger partial charge in [-0.3, -0.25) is 19.4 Å². The van der Waals surface area contributed by atoms with Gasteiger partial charge in [0.1, 0.15) is 5.82 Å². The van der Waals surface area contributed by atoms with Crippen LogP contribution < -0.4 is 9.80 Å². The summed E-state index contributed by atoms with van der Waals surface area (Å²) in [6.45, 7) is 5.47. The fourth-order valence-electron chi connectivity index (χ4n) is 3.59. The van der Waals surface area contributed by atoms with Gasteiger partial charge in [0.25, 0.3) is 5.91 Å². The van der Waals surface area contributed by atoms with Gasteiger partial charge in [-0.25, -0.2) is 14.4 Å². The molecule has 1 aliphatic rings. The number of hydrogen-bond donors (Lipinski definition) is 0. The molecule has 0 radical (unpaired) electrons. The number of para-hydroxylation sites is 1. The van der Waals surface area contributed by atoms with E-state index in [0.29, 0.717) is 22.5 Å². The molecule has 0 N–H and O–H groups in total. The molecule has 2 amide bonds. The SMILES string of the molecule is C=CCN(C(=O)C=Cc1csc(N(C(C)=O)c2ccccc2F)n1)c1nc2c(s1)CCCC2. The third-order valence-corrected chi connectivity index (χ3v) is 7.17. The summed E-state index contributed by atoms with van der Waals surface area (Å²) in [7, 11) is 0. The second kappa shape index (κ2) is 10.2. The number of anilines is 3. The molecule has 0 spiro atoms. The van der Waals surface area contributed by atoms with Crippen molar-refractivity contribution >= 4 is 56.5 Å². The molecule has 1 aromatic carbocycles. The zero-order valence-corrected chi connectivity index (χ0v) is 19.8. The van der Waals surface area contributed by atoms with E-state index in [2.05, 4.69) is 16.5 Å². The molecule has 0 aliphatic heterocycles. The van der Waals surface area contributed by atoms with Crippen LogP contribution in [0.4, 0.5) is 20.3 Å². The van der Waals surface area contributed by atoms with Gasteiger partial charge in [0.15, 0.2) is 10.3 Å². The monoisotopic (exact) mass is 482 g/mol. The van der Waals surface area contributed by atoms with Crippen molar-refractivity contribution in [3.63, 3.8) is 0 Å². The van der Waals surface area contributed by atoms with E-state index in [9.17, 15) is 14.0 Å². The molecule has 6 nitrogen and oxygen atoms in total. The summed E-state index contributed by atoms with van der Waals surface area (Å²) < 4.78 is 14.3. The molecule has 2 aromatic heterocycles. The molecular weight excluding hydrogens is 459 g/mol. The maximum absolute atomic E-state index is 14.3. The maximum Gasteiger partial charge on any atom is 0.253 e. The minimum Gasteiger partial charge on any atom is -0.281 e. The van der Waals surface area contributed by atoms with Crippen molar-refractivity contribution in [3.05, 3.63) is 70.5 Å². The number of fused-ring (bicyclic) bond motifs is 1. The Balaban J connectivity index is 1.54. The summed E-state index contributed by atoms with van der Waals surface area (Å²) in [4.78, 5) is 38.3. The van der Waals surface area contributed by atoms with Crippen LogP contribution in [0.1, 0.15) is 36.0 Å². The third-order valence-electron chi connectivity index (χ3n) is 5.15. The molecule has 0 atom stereocenters. The van der Waals surface area contributed by atoms with Crippen LogP contribution in [0.15, 0.2) is 48.4 Å². The van der Waals surface area contributed by atoms with Crippen LogP contribution >= 0.6 is 22.7 Å². The van der Waals surface area contributed by atoms with Crippen molar-refractivity contribution in [1.82, 2.24) is 9.97 Å². The molecule has 1 aliphatic carbocycles. The summed E-state index contributed by atoms with van der Waals surface area (Å²) in [6, 6.07) is 6.04. The van der Waals surface area contributed by atoms with Gasteiger partial charge in [-0.15, -0.1) is 29.3 Å². The number of hydrogen-bond acceptors (Lipinski definition) is 6. The van der Waals surface area contributed by atoms with E-state index in [1.54, 1.807) is 45.9 Å². The Morgan fingerprint density at radius 2 is 1.97 bits per heavy atom. The molecule has 0 fully saturated rings. The van der Waals surface area contributed by atoms with Gasteiger partial charge in [-0.2, -0.15) is 0 Å². The smallest absolute Gasteiger partial charge is 0.253 e. The Kier molecular flexibility index (Phi) is 7.10. The van der Waals surface area contributed by atoms with Crippen molar-refractivity contribution in [2.45, 2.75) is 32.6 Å². The van der Waals surface area contributed by atoms with Crippen LogP contribution in [0.3, 0.4) is 0 Å². The predicted molar refractivity (Wildman–Crippen MR) is 132 cm³/mol. The second-order valence-corrected chi connectivity index (χ2v) is 9.40. The van der Waals surface area contributed by atoms with E-state index >= 15 is 0 Å². The standard InChI is InChI=1S/C24H23FN4O2S2/c1-3-14-28(23-27-19-9-5-7-11-21(19)33-23)22(31)13-12-17-15-32-24(26-17)29(16(2)30)20-10-6-4-8-18(20)25/h3-4,6,8,10,12-13,15H,1,5,7,9,11,14H2,2H3. The number of halogens is 1. The lowest BCUT2D eigenvalue weighted by Gasteiger charge is -2.18. The van der Waals surface area contributed by atoms with E-state index < -0.39 is 5.82 Å². The summed E-state index contributed by atoms with van der Waals surface area (Å²) in [5.74, 6) is -1.10. The summed E-state index contributed by atoms with van der Waals surface area (Å²) in [5, 5.41) is 2.73. The Bertz CT molecular complexity index is 1190. The van der Waals surface area contributed by atoms with Gasteiger partial charge < -0.3 is 0 Å². The van der Waals surface area contributed by atoms with E-state index in [1.165, 1.54) is 46.2 Å². The van der Waals surface area contributed by atoms with Gasteiger partial charge in [0.2, 0.25) is 5.91 Å². The summed E-state index contributed by atoms with van der Waals surface area (Å²) in [5.41, 5.74) is 1.73. The van der Waals surface area contributed by atoms with Gasteiger partial charge in [0.05, 0.1) is 17.1 Å². The number of benzene rings is 1. The van der Waals surface area contributed by atoms with Crippen molar-refractivity contribution in [1.29, 1.82) is 0 Å². The topological polar surface area (TPSA) is 66.4 Å². The molecule has 4 rings (SSSR count). The van der Waals surface area contributed by atoms with E-state index in [4.69, 9.17) is 0 Å². The first-order chi connectivity index (χ1) is 16.0. The Morgan fingerprint density at radius 1 is 1.18 bits per heavy atom. The van der Waals surface area contributed by atoms with Crippen LogP contribution in [-0.2, 0) is 22.4 Å². The molecule has 0 saturated heterocycles. The fourth-order valence-corrected chi connectivity index (χ4v) is 5.60. The van der Waals surface area contributed by atoms with Crippen LogP contribution in [0.2, 0.25) is 0 Å². The average Bonchev–Trinajstić information content (AvgIpc) is 3.44. The lowest BCUT2D eigenvalue weighted by Crippen LogP contribution is -2.29. The first kappa shape index (κ1) is 23.0. The van der Waals surface area contributed by atoms with E-state index in [-0.39, 0.29) is 17.5 Å². The first-order valence-corrected chi connectivity index (χ1v) is 12.3. The zero-order chi connectivity index (χ0) is 23.4. The number of amides is 2. The molecular formula is C24H23FN4O2S2. The van der Waals surface area contributed by atoms with Crippen LogP contribution in [0.5, 0.6) is 0 Å². The first-order valence-electron chi connectivity index (χ1n) is 10.6. The average molecular weight is 483 g/mol. The number of carbonyl (C=O) groups is 2. The second-order valence-electron chi connectivity index (χ2n) is 7.51. The normalized spacial score (nSPS) is 13.0. The third kappa shape index (κ3) is 5.09. The van der Waals surface area contributed by atoms with Gasteiger partial charge in [-0.05, 0) is 43.9 Å². The van der Waals surface area contributed by atoms with E-state index in [0.717, 1.165) is 31.4 Å². The molecule has 33 heavy (non-hydrogen) atoms. The summed E-state index contributed by atoms with van der Waals surface area (Å²) in [6.07, 6.45) is 8.94. The zero-order valence-electron chi connectivity index (χ0n) is 18.2. The Hall–Kier alpha value is -3.17. The summed E-state index contributed by atoms with van der Waals surface area (Å²) >= 11 is 2.76. The number of carbonyl (C=O) groups excluding carboxylic acids is 2. The molecule has 170 valence electrons. The van der Waals surface area contributed by atoms with Gasteiger partial charge >= 0.3 is 0 Å². The van der Waals surface area contributed by atoms with Gasteiger partial charge in [0, 0.05) is 29.8 Å². The van der Waals surface area contributed by atoms with Crippen LogP contribution in [0, 0.1) is 5.82 Å². The quantitative estimate of drug-likeness (QED) is 0.328. The van der Waals surface area contributed by atoms with Crippen molar-refractivity contribution in [2.24, 2.45) is 0 Å². The van der Waals surface area contributed by atoms with Crippen LogP contribution in [0.25, 0.3) is 6.08 Å². The molecule has 0 saturated carbocycles. The highest BCUT2D eigenvalue weighted by Gasteiger charge is 2.22. The predicted octanol–water partition coefficient (Wildman–Crippen LogP) is 5.53.